The number of rotatable bonds is 5. The molecule has 1 fully saturated rings. The second-order valence-electron chi connectivity index (χ2n) is 8.92. The number of carbonyl (C=O) groups excluding carboxylic acids is 1. The molecular weight excluding hydrogens is 410 g/mol. The van der Waals surface area contributed by atoms with Gasteiger partial charge in [0.25, 0.3) is 5.91 Å². The molecule has 1 heterocycles. The third-order valence-corrected chi connectivity index (χ3v) is 7.29. The normalized spacial score (nSPS) is 23.5. The van der Waals surface area contributed by atoms with Gasteiger partial charge in [0.15, 0.2) is 0 Å². The molecule has 1 amide bonds. The number of amides is 1. The van der Waals surface area contributed by atoms with Gasteiger partial charge >= 0.3 is 0 Å². The Bertz CT molecular complexity index is 1020. The minimum absolute atomic E-state index is 0.174. The molecule has 4 nitrogen and oxygen atoms in total. The highest BCUT2D eigenvalue weighted by molar-refractivity contribution is 6.30. The average Bonchev–Trinajstić information content (AvgIpc) is 2.99. The molecule has 1 aliphatic carbocycles. The number of benzene rings is 2. The monoisotopic (exact) mass is 439 g/mol. The highest BCUT2D eigenvalue weighted by Gasteiger charge is 2.48. The van der Waals surface area contributed by atoms with Gasteiger partial charge < -0.3 is 15.2 Å². The van der Waals surface area contributed by atoms with E-state index in [-0.39, 0.29) is 11.7 Å². The van der Waals surface area contributed by atoms with Crippen molar-refractivity contribution < 1.29 is 14.6 Å². The fraction of sp³-hybridized carbons (Fsp3) is 0.423. The molecule has 2 aromatic rings. The van der Waals surface area contributed by atoms with Gasteiger partial charge in [-0.25, -0.2) is 0 Å². The van der Waals surface area contributed by atoms with E-state index in [1.165, 1.54) is 0 Å². The maximum atomic E-state index is 13.1. The summed E-state index contributed by atoms with van der Waals surface area (Å²) in [6, 6.07) is 11.8. The lowest BCUT2D eigenvalue weighted by atomic mass is 9.74. The molecular formula is C26H30ClNO3. The van der Waals surface area contributed by atoms with E-state index in [4.69, 9.17) is 16.3 Å². The molecule has 0 saturated heterocycles. The number of methoxy groups -OCH3 is 1. The Kier molecular flexibility index (Phi) is 6.14. The van der Waals surface area contributed by atoms with E-state index in [0.717, 1.165) is 66.5 Å². The molecule has 1 spiro atoms. The summed E-state index contributed by atoms with van der Waals surface area (Å²) in [7, 11) is 1.73. The Labute approximate surface area is 189 Å². The summed E-state index contributed by atoms with van der Waals surface area (Å²) in [4.78, 5) is 13.1. The number of hydrogen-bond acceptors (Lipinski definition) is 3. The van der Waals surface area contributed by atoms with Crippen molar-refractivity contribution in [3.8, 4) is 11.1 Å². The Morgan fingerprint density at radius 2 is 1.81 bits per heavy atom. The van der Waals surface area contributed by atoms with E-state index in [9.17, 15) is 9.90 Å². The molecule has 164 valence electrons. The second-order valence-corrected chi connectivity index (χ2v) is 9.36. The lowest BCUT2D eigenvalue weighted by molar-refractivity contribution is -0.116. The van der Waals surface area contributed by atoms with Crippen molar-refractivity contribution >= 4 is 23.1 Å². The molecule has 2 aliphatic rings. The van der Waals surface area contributed by atoms with Crippen molar-refractivity contribution in [1.29, 1.82) is 0 Å². The van der Waals surface area contributed by atoms with Crippen LogP contribution in [0.4, 0.5) is 0 Å². The van der Waals surface area contributed by atoms with Crippen LogP contribution >= 0.6 is 11.6 Å². The number of carbonyl (C=O) groups is 1. The summed E-state index contributed by atoms with van der Waals surface area (Å²) in [5.74, 6) is 0.616. The van der Waals surface area contributed by atoms with Gasteiger partial charge in [-0.2, -0.15) is 0 Å². The number of aliphatic hydroxyl groups excluding tert-OH is 1. The molecule has 0 radical (unpaired) electrons. The molecule has 1 saturated carbocycles. The van der Waals surface area contributed by atoms with E-state index in [0.29, 0.717) is 16.5 Å². The zero-order chi connectivity index (χ0) is 22.2. The van der Waals surface area contributed by atoms with Crippen LogP contribution in [0.3, 0.4) is 0 Å². The second kappa shape index (κ2) is 8.68. The van der Waals surface area contributed by atoms with Gasteiger partial charge in [-0.1, -0.05) is 35.9 Å². The number of nitrogens with one attached hydrogen (secondary N) is 1. The summed E-state index contributed by atoms with van der Waals surface area (Å²) in [6.07, 6.45) is 4.50. The highest BCUT2D eigenvalue weighted by atomic mass is 35.5. The lowest BCUT2D eigenvalue weighted by Crippen LogP contribution is -2.47. The number of ether oxygens (including phenoxy) is 1. The summed E-state index contributed by atoms with van der Waals surface area (Å²) in [5.41, 5.74) is 4.68. The molecule has 4 rings (SSSR count). The molecule has 2 N–H and O–H groups in total. The number of aryl methyl sites for hydroxylation is 1. The summed E-state index contributed by atoms with van der Waals surface area (Å²) < 4.78 is 5.22. The van der Waals surface area contributed by atoms with E-state index in [2.05, 4.69) is 11.4 Å². The van der Waals surface area contributed by atoms with Crippen LogP contribution in [0.2, 0.25) is 5.02 Å². The van der Waals surface area contributed by atoms with E-state index in [1.807, 2.05) is 44.2 Å². The van der Waals surface area contributed by atoms with Crippen molar-refractivity contribution in [2.75, 3.05) is 13.7 Å². The minimum atomic E-state index is -0.634. The van der Waals surface area contributed by atoms with Crippen molar-refractivity contribution in [2.45, 2.75) is 51.5 Å². The Morgan fingerprint density at radius 1 is 1.13 bits per heavy atom. The number of hydrogen-bond donors (Lipinski definition) is 2. The number of aliphatic hydroxyl groups is 1. The molecule has 0 bridgehead atoms. The molecule has 31 heavy (non-hydrogen) atoms. The number of halogens is 1. The van der Waals surface area contributed by atoms with Gasteiger partial charge in [0, 0.05) is 18.7 Å². The molecule has 0 unspecified atom stereocenters. The molecule has 5 heteroatoms. The summed E-state index contributed by atoms with van der Waals surface area (Å²) in [5, 5.41) is 15.2. The highest BCUT2D eigenvalue weighted by Crippen LogP contribution is 2.45. The van der Waals surface area contributed by atoms with Gasteiger partial charge in [0.1, 0.15) is 5.76 Å². The minimum Gasteiger partial charge on any atom is -0.509 e. The largest absolute Gasteiger partial charge is 0.509 e. The predicted molar refractivity (Wildman–Crippen MR) is 125 cm³/mol. The standard InChI is InChI=1S/C26H30ClNO3/c1-16-4-9-21(19-5-7-20(27)8-6-19)17(2)22(16)23-24(29)26(28-25(23)30)13-10-18(11-14-26)12-15-31-3/h4-9,18,29H,10-15H2,1-3H3,(H,28,30). The molecule has 2 aromatic carbocycles. The van der Waals surface area contributed by atoms with Crippen LogP contribution in [-0.4, -0.2) is 30.3 Å². The van der Waals surface area contributed by atoms with Gasteiger partial charge in [-0.15, -0.1) is 0 Å². The lowest BCUT2D eigenvalue weighted by Gasteiger charge is -2.37. The van der Waals surface area contributed by atoms with Crippen LogP contribution in [0, 0.1) is 19.8 Å². The van der Waals surface area contributed by atoms with E-state index >= 15 is 0 Å². The molecule has 0 aromatic heterocycles. The SMILES string of the molecule is COCCC1CCC2(CC1)NC(=O)C(c1c(C)ccc(-c3ccc(Cl)cc3)c1C)=C2O. The van der Waals surface area contributed by atoms with Crippen molar-refractivity contribution in [3.63, 3.8) is 0 Å². The smallest absolute Gasteiger partial charge is 0.256 e. The van der Waals surface area contributed by atoms with Crippen molar-refractivity contribution in [2.24, 2.45) is 5.92 Å². The Balaban J connectivity index is 1.71. The predicted octanol–water partition coefficient (Wildman–Crippen LogP) is 5.99. The van der Waals surface area contributed by atoms with Crippen LogP contribution in [0.25, 0.3) is 16.7 Å². The van der Waals surface area contributed by atoms with Crippen molar-refractivity contribution in [3.05, 3.63) is 63.9 Å². The molecule has 0 atom stereocenters. The van der Waals surface area contributed by atoms with Crippen molar-refractivity contribution in [1.82, 2.24) is 5.32 Å². The Hall–Kier alpha value is -2.30. The third kappa shape index (κ3) is 3.99. The first-order valence-electron chi connectivity index (χ1n) is 11.0. The van der Waals surface area contributed by atoms with Gasteiger partial charge in [-0.05, 0) is 91.8 Å². The van der Waals surface area contributed by atoms with E-state index in [1.54, 1.807) is 7.11 Å². The fourth-order valence-electron chi connectivity index (χ4n) is 5.20. The third-order valence-electron chi connectivity index (χ3n) is 7.04. The quantitative estimate of drug-likeness (QED) is 0.601. The summed E-state index contributed by atoms with van der Waals surface area (Å²) in [6.45, 7) is 4.77. The van der Waals surface area contributed by atoms with Gasteiger partial charge in [-0.3, -0.25) is 4.79 Å². The zero-order valence-electron chi connectivity index (χ0n) is 18.4. The zero-order valence-corrected chi connectivity index (χ0v) is 19.2. The Morgan fingerprint density at radius 3 is 2.45 bits per heavy atom. The van der Waals surface area contributed by atoms with Gasteiger partial charge in [0.2, 0.25) is 0 Å². The van der Waals surface area contributed by atoms with Crippen LogP contribution in [-0.2, 0) is 9.53 Å². The maximum absolute atomic E-state index is 13.1. The first-order chi connectivity index (χ1) is 14.9. The van der Waals surface area contributed by atoms with Crippen LogP contribution < -0.4 is 5.32 Å². The topological polar surface area (TPSA) is 58.6 Å². The van der Waals surface area contributed by atoms with Crippen LogP contribution in [0.15, 0.2) is 42.2 Å². The summed E-state index contributed by atoms with van der Waals surface area (Å²) >= 11 is 6.06. The average molecular weight is 440 g/mol. The maximum Gasteiger partial charge on any atom is 0.256 e. The molecule has 1 aliphatic heterocycles. The van der Waals surface area contributed by atoms with Crippen LogP contribution in [0.5, 0.6) is 0 Å². The van der Waals surface area contributed by atoms with Gasteiger partial charge in [0.05, 0.1) is 11.1 Å². The first kappa shape index (κ1) is 21.9. The first-order valence-corrected chi connectivity index (χ1v) is 11.4. The van der Waals surface area contributed by atoms with E-state index < -0.39 is 5.54 Å². The fourth-order valence-corrected chi connectivity index (χ4v) is 5.32. The van der Waals surface area contributed by atoms with Crippen LogP contribution in [0.1, 0.15) is 48.8 Å².